The molecule has 0 saturated carbocycles. The van der Waals surface area contributed by atoms with E-state index in [9.17, 15) is 9.59 Å². The van der Waals surface area contributed by atoms with Crippen LogP contribution in [0.3, 0.4) is 0 Å². The third-order valence-corrected chi connectivity index (χ3v) is 6.32. The highest BCUT2D eigenvalue weighted by atomic mass is 32.2. The number of carbonyl (C=O) groups excluding carboxylic acids is 1. The number of thioether (sulfide) groups is 1. The zero-order valence-corrected chi connectivity index (χ0v) is 19.6. The lowest BCUT2D eigenvalue weighted by Crippen LogP contribution is -2.15. The first kappa shape index (κ1) is 22.5. The van der Waals surface area contributed by atoms with Crippen LogP contribution in [0.15, 0.2) is 70.9 Å². The molecule has 0 radical (unpaired) electrons. The van der Waals surface area contributed by atoms with Crippen molar-refractivity contribution in [3.63, 3.8) is 0 Å². The predicted molar refractivity (Wildman–Crippen MR) is 132 cm³/mol. The number of aryl methyl sites for hydroxylation is 2. The molecular formula is C25H25N5O2S. The summed E-state index contributed by atoms with van der Waals surface area (Å²) in [6.45, 7) is 6.11. The Morgan fingerprint density at radius 1 is 1.15 bits per heavy atom. The molecule has 0 spiro atoms. The van der Waals surface area contributed by atoms with Crippen molar-refractivity contribution in [2.45, 2.75) is 32.3 Å². The second kappa shape index (κ2) is 9.87. The van der Waals surface area contributed by atoms with E-state index in [2.05, 4.69) is 40.2 Å². The molecule has 0 bridgehead atoms. The van der Waals surface area contributed by atoms with Crippen LogP contribution in [0.25, 0.3) is 17.1 Å². The molecular weight excluding hydrogens is 434 g/mol. The first-order valence-electron chi connectivity index (χ1n) is 10.7. The van der Waals surface area contributed by atoms with Gasteiger partial charge in [0.25, 0.3) is 5.56 Å². The van der Waals surface area contributed by atoms with E-state index in [0.717, 1.165) is 22.1 Å². The predicted octanol–water partition coefficient (Wildman–Crippen LogP) is 4.53. The number of nitrogens with one attached hydrogen (secondary N) is 2. The summed E-state index contributed by atoms with van der Waals surface area (Å²) in [4.78, 5) is 36.2. The lowest BCUT2D eigenvalue weighted by molar-refractivity contribution is -0.113. The summed E-state index contributed by atoms with van der Waals surface area (Å²) in [5.74, 6) is 0.559. The minimum atomic E-state index is -0.193. The standard InChI is InChI=1S/C25H25N5O2S/c1-4-19-14-22(31)29-24(28-19)18-8-6-9-20(13-18)27-23(32)15-33-25-26-11-12-30(25)21-10-5-7-16(2)17(21)3/h5-14H,4,15H2,1-3H3,(H,27,32)(H,28,29,31). The van der Waals surface area contributed by atoms with E-state index in [-0.39, 0.29) is 17.2 Å². The zero-order chi connectivity index (χ0) is 23.4. The summed E-state index contributed by atoms with van der Waals surface area (Å²) in [5, 5.41) is 3.68. The minimum absolute atomic E-state index is 0.142. The van der Waals surface area contributed by atoms with Crippen LogP contribution < -0.4 is 10.9 Å². The summed E-state index contributed by atoms with van der Waals surface area (Å²) in [7, 11) is 0. The second-order valence-corrected chi connectivity index (χ2v) is 8.60. The molecule has 0 unspecified atom stereocenters. The van der Waals surface area contributed by atoms with E-state index in [1.54, 1.807) is 12.3 Å². The first-order valence-corrected chi connectivity index (χ1v) is 11.7. The maximum Gasteiger partial charge on any atom is 0.251 e. The largest absolute Gasteiger partial charge is 0.325 e. The van der Waals surface area contributed by atoms with Crippen molar-refractivity contribution in [1.29, 1.82) is 0 Å². The van der Waals surface area contributed by atoms with E-state index < -0.39 is 0 Å². The number of imidazole rings is 1. The van der Waals surface area contributed by atoms with Gasteiger partial charge in [0.15, 0.2) is 5.16 Å². The molecule has 0 aliphatic rings. The molecule has 0 aliphatic carbocycles. The van der Waals surface area contributed by atoms with Gasteiger partial charge in [0, 0.05) is 35.4 Å². The lowest BCUT2D eigenvalue weighted by atomic mass is 10.1. The monoisotopic (exact) mass is 459 g/mol. The van der Waals surface area contributed by atoms with Gasteiger partial charge in [-0.15, -0.1) is 0 Å². The van der Waals surface area contributed by atoms with E-state index >= 15 is 0 Å². The number of benzene rings is 2. The minimum Gasteiger partial charge on any atom is -0.325 e. The van der Waals surface area contributed by atoms with Crippen LogP contribution >= 0.6 is 11.8 Å². The molecule has 2 N–H and O–H groups in total. The lowest BCUT2D eigenvalue weighted by Gasteiger charge is -2.12. The summed E-state index contributed by atoms with van der Waals surface area (Å²) < 4.78 is 2.00. The Bertz CT molecular complexity index is 1360. The van der Waals surface area contributed by atoms with Crippen molar-refractivity contribution in [2.75, 3.05) is 11.1 Å². The van der Waals surface area contributed by atoms with Gasteiger partial charge in [-0.05, 0) is 49.6 Å². The summed E-state index contributed by atoms with van der Waals surface area (Å²) >= 11 is 1.38. The van der Waals surface area contributed by atoms with Crippen molar-refractivity contribution in [1.82, 2.24) is 19.5 Å². The number of anilines is 1. The fraction of sp³-hybridized carbons (Fsp3) is 0.200. The average Bonchev–Trinajstić information content (AvgIpc) is 3.27. The fourth-order valence-electron chi connectivity index (χ4n) is 3.47. The molecule has 2 aromatic heterocycles. The highest BCUT2D eigenvalue weighted by Gasteiger charge is 2.12. The Kier molecular flexibility index (Phi) is 6.74. The normalized spacial score (nSPS) is 10.9. The molecule has 2 heterocycles. The number of aromatic amines is 1. The molecule has 8 heteroatoms. The molecule has 33 heavy (non-hydrogen) atoms. The van der Waals surface area contributed by atoms with E-state index in [1.807, 2.05) is 48.0 Å². The van der Waals surface area contributed by atoms with Crippen LogP contribution in [0.5, 0.6) is 0 Å². The number of H-pyrrole nitrogens is 1. The fourth-order valence-corrected chi connectivity index (χ4v) is 4.24. The number of hydrogen-bond donors (Lipinski definition) is 2. The molecule has 4 aromatic rings. The van der Waals surface area contributed by atoms with Crippen molar-refractivity contribution >= 4 is 23.4 Å². The van der Waals surface area contributed by atoms with Gasteiger partial charge in [0.1, 0.15) is 5.82 Å². The highest BCUT2D eigenvalue weighted by Crippen LogP contribution is 2.25. The number of hydrogen-bond acceptors (Lipinski definition) is 5. The number of rotatable bonds is 7. The van der Waals surface area contributed by atoms with Crippen LogP contribution in [0.2, 0.25) is 0 Å². The molecule has 168 valence electrons. The van der Waals surface area contributed by atoms with Gasteiger partial charge in [-0.1, -0.05) is 43.0 Å². The Labute approximate surface area is 196 Å². The van der Waals surface area contributed by atoms with Gasteiger partial charge < -0.3 is 10.3 Å². The van der Waals surface area contributed by atoms with Gasteiger partial charge in [0.2, 0.25) is 5.91 Å². The van der Waals surface area contributed by atoms with Gasteiger partial charge in [-0.25, -0.2) is 9.97 Å². The maximum absolute atomic E-state index is 12.6. The van der Waals surface area contributed by atoms with Crippen LogP contribution in [0.4, 0.5) is 5.69 Å². The number of aromatic nitrogens is 4. The van der Waals surface area contributed by atoms with Crippen molar-refractivity contribution in [3.05, 3.63) is 88.1 Å². The van der Waals surface area contributed by atoms with Crippen LogP contribution in [-0.4, -0.2) is 31.2 Å². The van der Waals surface area contributed by atoms with Crippen molar-refractivity contribution < 1.29 is 4.79 Å². The van der Waals surface area contributed by atoms with E-state index in [4.69, 9.17) is 0 Å². The Hall–Kier alpha value is -3.65. The van der Waals surface area contributed by atoms with Crippen LogP contribution in [0.1, 0.15) is 23.7 Å². The molecule has 7 nitrogen and oxygen atoms in total. The quantitative estimate of drug-likeness (QED) is 0.396. The Balaban J connectivity index is 1.46. The van der Waals surface area contributed by atoms with Gasteiger partial charge in [0.05, 0.1) is 11.4 Å². The first-order chi connectivity index (χ1) is 15.9. The summed E-state index contributed by atoms with van der Waals surface area (Å²) in [6, 6.07) is 14.9. The second-order valence-electron chi connectivity index (χ2n) is 7.66. The van der Waals surface area contributed by atoms with Crippen molar-refractivity contribution in [3.8, 4) is 17.1 Å². The molecule has 0 atom stereocenters. The molecule has 0 fully saturated rings. The molecule has 2 aromatic carbocycles. The Morgan fingerprint density at radius 2 is 1.97 bits per heavy atom. The van der Waals surface area contributed by atoms with E-state index in [0.29, 0.717) is 17.9 Å². The van der Waals surface area contributed by atoms with E-state index in [1.165, 1.54) is 29.0 Å². The zero-order valence-electron chi connectivity index (χ0n) is 18.8. The van der Waals surface area contributed by atoms with Gasteiger partial charge >= 0.3 is 0 Å². The Morgan fingerprint density at radius 3 is 2.79 bits per heavy atom. The average molecular weight is 460 g/mol. The third-order valence-electron chi connectivity index (χ3n) is 5.35. The molecule has 0 saturated heterocycles. The summed E-state index contributed by atoms with van der Waals surface area (Å²) in [5.41, 5.74) is 5.34. The topological polar surface area (TPSA) is 92.7 Å². The number of amides is 1. The van der Waals surface area contributed by atoms with Crippen molar-refractivity contribution in [2.24, 2.45) is 0 Å². The third kappa shape index (κ3) is 5.23. The highest BCUT2D eigenvalue weighted by molar-refractivity contribution is 7.99. The number of nitrogens with zero attached hydrogens (tertiary/aromatic N) is 3. The number of carbonyl (C=O) groups is 1. The SMILES string of the molecule is CCc1cc(=O)[nH]c(-c2cccc(NC(=O)CSc3nccn3-c3cccc(C)c3C)c2)n1. The smallest absolute Gasteiger partial charge is 0.251 e. The maximum atomic E-state index is 12.6. The summed E-state index contributed by atoms with van der Waals surface area (Å²) in [6.07, 6.45) is 4.32. The van der Waals surface area contributed by atoms with Gasteiger partial charge in [-0.2, -0.15) is 0 Å². The molecule has 4 rings (SSSR count). The molecule has 1 amide bonds. The molecule has 0 aliphatic heterocycles. The van der Waals surface area contributed by atoms with Crippen LogP contribution in [0, 0.1) is 13.8 Å². The van der Waals surface area contributed by atoms with Gasteiger partial charge in [-0.3, -0.25) is 14.2 Å². The van der Waals surface area contributed by atoms with Crippen LogP contribution in [-0.2, 0) is 11.2 Å².